The predicted octanol–water partition coefficient (Wildman–Crippen LogP) is 2.78. The van der Waals surface area contributed by atoms with E-state index in [2.05, 4.69) is 5.32 Å². The summed E-state index contributed by atoms with van der Waals surface area (Å²) in [5.41, 5.74) is 0.597. The summed E-state index contributed by atoms with van der Waals surface area (Å²) in [4.78, 5) is 11.8. The Bertz CT molecular complexity index is 545. The summed E-state index contributed by atoms with van der Waals surface area (Å²) >= 11 is 5.90. The van der Waals surface area contributed by atoms with E-state index in [1.165, 1.54) is 13.2 Å². The van der Waals surface area contributed by atoms with Gasteiger partial charge in [0.1, 0.15) is 17.4 Å². The van der Waals surface area contributed by atoms with Crippen molar-refractivity contribution in [1.29, 1.82) is 5.26 Å². The van der Waals surface area contributed by atoms with E-state index in [1.807, 2.05) is 19.9 Å². The Hall–Kier alpha value is -1.99. The minimum absolute atomic E-state index is 0.00858. The van der Waals surface area contributed by atoms with Gasteiger partial charge in [-0.15, -0.1) is 0 Å². The van der Waals surface area contributed by atoms with Gasteiger partial charge in [-0.1, -0.05) is 11.6 Å². The van der Waals surface area contributed by atoms with Crippen molar-refractivity contribution < 1.29 is 9.53 Å². The second-order valence-electron chi connectivity index (χ2n) is 4.18. The van der Waals surface area contributed by atoms with Gasteiger partial charge in [-0.3, -0.25) is 4.79 Å². The standard InChI is InChI=1S/C14H15ClN2O2/c1-9(2)17-14(18)11(8-16)6-10-7-12(15)4-5-13(10)19-3/h4-7,9H,1-3H3,(H,17,18)/b11-6-. The Morgan fingerprint density at radius 2 is 2.21 bits per heavy atom. The maximum Gasteiger partial charge on any atom is 0.262 e. The molecule has 0 aliphatic heterocycles. The lowest BCUT2D eigenvalue weighted by Crippen LogP contribution is -2.30. The van der Waals surface area contributed by atoms with Crippen LogP contribution in [0.3, 0.4) is 0 Å². The topological polar surface area (TPSA) is 62.1 Å². The maximum atomic E-state index is 11.8. The molecule has 100 valence electrons. The van der Waals surface area contributed by atoms with Gasteiger partial charge in [0.05, 0.1) is 7.11 Å². The molecule has 0 radical (unpaired) electrons. The molecular formula is C14H15ClN2O2. The molecule has 1 N–H and O–H groups in total. The van der Waals surface area contributed by atoms with E-state index < -0.39 is 5.91 Å². The summed E-state index contributed by atoms with van der Waals surface area (Å²) in [7, 11) is 1.51. The number of nitrogens with zero attached hydrogens (tertiary/aromatic N) is 1. The number of rotatable bonds is 4. The molecule has 0 bridgehead atoms. The van der Waals surface area contributed by atoms with Gasteiger partial charge >= 0.3 is 0 Å². The average Bonchev–Trinajstić information content (AvgIpc) is 2.35. The van der Waals surface area contributed by atoms with Crippen LogP contribution in [0, 0.1) is 11.3 Å². The largest absolute Gasteiger partial charge is 0.496 e. The zero-order chi connectivity index (χ0) is 14.4. The van der Waals surface area contributed by atoms with Crippen molar-refractivity contribution in [3.8, 4) is 11.8 Å². The summed E-state index contributed by atoms with van der Waals surface area (Å²) in [6.07, 6.45) is 1.46. The molecule has 0 saturated heterocycles. The first-order valence-electron chi connectivity index (χ1n) is 5.74. The Kier molecular flexibility index (Phi) is 5.40. The van der Waals surface area contributed by atoms with Crippen LogP contribution in [0.15, 0.2) is 23.8 Å². The van der Waals surface area contributed by atoms with Crippen LogP contribution in [0.2, 0.25) is 5.02 Å². The van der Waals surface area contributed by atoms with Crippen LogP contribution in [-0.4, -0.2) is 19.1 Å². The predicted molar refractivity (Wildman–Crippen MR) is 74.9 cm³/mol. The minimum atomic E-state index is -0.417. The summed E-state index contributed by atoms with van der Waals surface area (Å²) in [6.45, 7) is 3.65. The summed E-state index contributed by atoms with van der Waals surface area (Å²) < 4.78 is 5.16. The molecule has 5 heteroatoms. The molecule has 0 fully saturated rings. The molecule has 0 heterocycles. The van der Waals surface area contributed by atoms with Crippen molar-refractivity contribution in [1.82, 2.24) is 5.32 Å². The minimum Gasteiger partial charge on any atom is -0.496 e. The summed E-state index contributed by atoms with van der Waals surface area (Å²) in [5.74, 6) is 0.133. The first kappa shape index (κ1) is 15.1. The summed E-state index contributed by atoms with van der Waals surface area (Å²) in [6, 6.07) is 6.84. The molecule has 0 aliphatic rings. The molecule has 1 rings (SSSR count). The van der Waals surface area contributed by atoms with Crippen LogP contribution >= 0.6 is 11.6 Å². The van der Waals surface area contributed by atoms with Gasteiger partial charge in [0.2, 0.25) is 0 Å². The van der Waals surface area contributed by atoms with E-state index in [0.29, 0.717) is 16.3 Å². The van der Waals surface area contributed by atoms with Crippen molar-refractivity contribution in [3.63, 3.8) is 0 Å². The third-order valence-corrected chi connectivity index (χ3v) is 2.51. The molecule has 4 nitrogen and oxygen atoms in total. The van der Waals surface area contributed by atoms with Crippen molar-refractivity contribution in [2.45, 2.75) is 19.9 Å². The fraction of sp³-hybridized carbons (Fsp3) is 0.286. The van der Waals surface area contributed by atoms with Gasteiger partial charge in [0.25, 0.3) is 5.91 Å². The zero-order valence-electron chi connectivity index (χ0n) is 11.0. The van der Waals surface area contributed by atoms with Gasteiger partial charge in [0.15, 0.2) is 0 Å². The van der Waals surface area contributed by atoms with Gasteiger partial charge in [-0.05, 0) is 38.1 Å². The Balaban J connectivity index is 3.14. The third-order valence-electron chi connectivity index (χ3n) is 2.28. The monoisotopic (exact) mass is 278 g/mol. The van der Waals surface area contributed by atoms with Crippen LogP contribution in [0.25, 0.3) is 6.08 Å². The number of hydrogen-bond donors (Lipinski definition) is 1. The van der Waals surface area contributed by atoms with Gasteiger partial charge in [-0.25, -0.2) is 0 Å². The van der Waals surface area contributed by atoms with Gasteiger partial charge < -0.3 is 10.1 Å². The molecule has 0 atom stereocenters. The number of amides is 1. The van der Waals surface area contributed by atoms with Crippen molar-refractivity contribution >= 4 is 23.6 Å². The molecule has 19 heavy (non-hydrogen) atoms. The van der Waals surface area contributed by atoms with Gasteiger partial charge in [-0.2, -0.15) is 5.26 Å². The van der Waals surface area contributed by atoms with Crippen LogP contribution in [0.1, 0.15) is 19.4 Å². The molecule has 1 amide bonds. The number of nitriles is 1. The van der Waals surface area contributed by atoms with E-state index >= 15 is 0 Å². The highest BCUT2D eigenvalue weighted by Crippen LogP contribution is 2.24. The first-order valence-corrected chi connectivity index (χ1v) is 6.12. The second-order valence-corrected chi connectivity index (χ2v) is 4.62. The summed E-state index contributed by atoms with van der Waals surface area (Å²) in [5, 5.41) is 12.2. The normalized spacial score (nSPS) is 11.1. The number of carbonyl (C=O) groups excluding carboxylic acids is 1. The highest BCUT2D eigenvalue weighted by Gasteiger charge is 2.11. The highest BCUT2D eigenvalue weighted by atomic mass is 35.5. The lowest BCUT2D eigenvalue weighted by molar-refractivity contribution is -0.117. The third kappa shape index (κ3) is 4.31. The molecule has 1 aromatic carbocycles. The fourth-order valence-electron chi connectivity index (χ4n) is 1.46. The lowest BCUT2D eigenvalue weighted by Gasteiger charge is -2.08. The molecule has 0 spiro atoms. The molecular weight excluding hydrogens is 264 g/mol. The van der Waals surface area contributed by atoms with Crippen LogP contribution < -0.4 is 10.1 Å². The van der Waals surface area contributed by atoms with Crippen LogP contribution in [0.5, 0.6) is 5.75 Å². The molecule has 0 unspecified atom stereocenters. The molecule has 1 aromatic rings. The SMILES string of the molecule is COc1ccc(Cl)cc1/C=C(/C#N)C(=O)NC(C)C. The Morgan fingerprint density at radius 3 is 2.74 bits per heavy atom. The first-order chi connectivity index (χ1) is 8.97. The number of methoxy groups -OCH3 is 1. The average molecular weight is 279 g/mol. The van der Waals surface area contributed by atoms with Crippen LogP contribution in [-0.2, 0) is 4.79 Å². The number of nitrogens with one attached hydrogen (secondary N) is 1. The second kappa shape index (κ2) is 6.81. The molecule has 0 aliphatic carbocycles. The van der Waals surface area contributed by atoms with E-state index in [0.717, 1.165) is 0 Å². The number of benzene rings is 1. The smallest absolute Gasteiger partial charge is 0.262 e. The highest BCUT2D eigenvalue weighted by molar-refractivity contribution is 6.30. The lowest BCUT2D eigenvalue weighted by atomic mass is 10.1. The fourth-order valence-corrected chi connectivity index (χ4v) is 1.64. The van der Waals surface area contributed by atoms with Gasteiger partial charge in [0, 0.05) is 16.6 Å². The Morgan fingerprint density at radius 1 is 1.53 bits per heavy atom. The van der Waals surface area contributed by atoms with Crippen molar-refractivity contribution in [3.05, 3.63) is 34.4 Å². The number of hydrogen-bond acceptors (Lipinski definition) is 3. The van der Waals surface area contributed by atoms with E-state index in [9.17, 15) is 4.79 Å². The maximum absolute atomic E-state index is 11.8. The molecule has 0 saturated carbocycles. The zero-order valence-corrected chi connectivity index (χ0v) is 11.8. The van der Waals surface area contributed by atoms with Crippen molar-refractivity contribution in [2.24, 2.45) is 0 Å². The Labute approximate surface area is 117 Å². The van der Waals surface area contributed by atoms with Crippen molar-refractivity contribution in [2.75, 3.05) is 7.11 Å². The number of halogens is 1. The number of ether oxygens (including phenoxy) is 1. The quantitative estimate of drug-likeness (QED) is 0.680. The van der Waals surface area contributed by atoms with Crippen LogP contribution in [0.4, 0.5) is 0 Å². The molecule has 0 aromatic heterocycles. The van der Waals surface area contributed by atoms with E-state index in [-0.39, 0.29) is 11.6 Å². The van der Waals surface area contributed by atoms with E-state index in [1.54, 1.807) is 18.2 Å². The number of carbonyl (C=O) groups is 1. The van der Waals surface area contributed by atoms with E-state index in [4.69, 9.17) is 21.6 Å².